The number of nitrogens with one attached hydrogen (secondary N) is 2. The Labute approximate surface area is 160 Å². The number of carbonyl (C=O) groups excluding carboxylic acids is 2. The zero-order valence-corrected chi connectivity index (χ0v) is 15.1. The maximum atomic E-state index is 13.3. The first-order valence-electron chi connectivity index (χ1n) is 8.80. The predicted molar refractivity (Wildman–Crippen MR) is 103 cm³/mol. The maximum Gasteiger partial charge on any atom is 0.253 e. The lowest BCUT2D eigenvalue weighted by atomic mass is 9.86. The number of aryl methyl sites for hydroxylation is 1. The number of hydrogen-bond acceptors (Lipinski definition) is 4. The van der Waals surface area contributed by atoms with Gasteiger partial charge in [-0.3, -0.25) is 9.59 Å². The van der Waals surface area contributed by atoms with E-state index in [-0.39, 0.29) is 24.1 Å². The molecular formula is C21H17FN4O2. The molecule has 0 radical (unpaired) electrons. The van der Waals surface area contributed by atoms with Crippen LogP contribution in [0.4, 0.5) is 10.1 Å². The first-order valence-corrected chi connectivity index (χ1v) is 8.80. The van der Waals surface area contributed by atoms with E-state index in [0.29, 0.717) is 22.3 Å². The fourth-order valence-corrected chi connectivity index (χ4v) is 3.30. The highest BCUT2D eigenvalue weighted by Gasteiger charge is 2.29. The van der Waals surface area contributed by atoms with Gasteiger partial charge in [0.2, 0.25) is 5.91 Å². The van der Waals surface area contributed by atoms with Gasteiger partial charge in [-0.1, -0.05) is 18.2 Å². The molecule has 1 atom stereocenters. The number of rotatable bonds is 3. The number of hydrogen-bond donors (Lipinski definition) is 2. The molecule has 2 heterocycles. The monoisotopic (exact) mass is 376 g/mol. The summed E-state index contributed by atoms with van der Waals surface area (Å²) in [6.45, 7) is 1.83. The van der Waals surface area contributed by atoms with Gasteiger partial charge in [0.1, 0.15) is 5.82 Å². The van der Waals surface area contributed by atoms with E-state index in [4.69, 9.17) is 0 Å². The summed E-state index contributed by atoms with van der Waals surface area (Å²) >= 11 is 0. The summed E-state index contributed by atoms with van der Waals surface area (Å²) < 4.78 is 13.3. The smallest absolute Gasteiger partial charge is 0.253 e. The number of carbonyl (C=O) groups is 2. The van der Waals surface area contributed by atoms with Crippen LogP contribution in [-0.4, -0.2) is 22.0 Å². The fraction of sp³-hybridized carbons (Fsp3) is 0.143. The first-order chi connectivity index (χ1) is 13.5. The van der Waals surface area contributed by atoms with E-state index in [9.17, 15) is 14.0 Å². The summed E-state index contributed by atoms with van der Waals surface area (Å²) in [7, 11) is 0. The quantitative estimate of drug-likeness (QED) is 0.735. The van der Waals surface area contributed by atoms with E-state index in [1.54, 1.807) is 24.3 Å². The van der Waals surface area contributed by atoms with Crippen LogP contribution in [0.5, 0.6) is 0 Å². The summed E-state index contributed by atoms with van der Waals surface area (Å²) in [6, 6.07) is 13.1. The Bertz CT molecular complexity index is 1110. The van der Waals surface area contributed by atoms with Gasteiger partial charge in [0.15, 0.2) is 0 Å². The summed E-state index contributed by atoms with van der Waals surface area (Å²) in [4.78, 5) is 24.9. The Kier molecular flexibility index (Phi) is 4.57. The van der Waals surface area contributed by atoms with Gasteiger partial charge in [-0.05, 0) is 42.8 Å². The molecule has 1 aliphatic heterocycles. The first kappa shape index (κ1) is 17.8. The van der Waals surface area contributed by atoms with Crippen molar-refractivity contribution in [2.45, 2.75) is 19.3 Å². The number of aromatic nitrogens is 2. The van der Waals surface area contributed by atoms with Crippen LogP contribution in [-0.2, 0) is 9.59 Å². The van der Waals surface area contributed by atoms with Crippen molar-refractivity contribution >= 4 is 28.4 Å². The minimum absolute atomic E-state index is 0.116. The second kappa shape index (κ2) is 7.19. The number of nitrogens with zero attached hydrogens (tertiary/aromatic N) is 2. The largest absolute Gasteiger partial charge is 0.332 e. The van der Waals surface area contributed by atoms with Gasteiger partial charge in [-0.15, -0.1) is 0 Å². The molecule has 1 aromatic heterocycles. The Morgan fingerprint density at radius 2 is 1.96 bits per heavy atom. The highest BCUT2D eigenvalue weighted by atomic mass is 19.1. The molecule has 2 N–H and O–H groups in total. The summed E-state index contributed by atoms with van der Waals surface area (Å²) in [6.07, 6.45) is 1.54. The molecular weight excluding hydrogens is 359 g/mol. The summed E-state index contributed by atoms with van der Waals surface area (Å²) in [5.74, 6) is -1.35. The van der Waals surface area contributed by atoms with Crippen molar-refractivity contribution in [3.05, 3.63) is 77.4 Å². The van der Waals surface area contributed by atoms with Crippen LogP contribution in [0.25, 0.3) is 10.9 Å². The molecule has 4 rings (SSSR count). The number of anilines is 1. The van der Waals surface area contributed by atoms with E-state index in [1.165, 1.54) is 18.3 Å². The van der Waals surface area contributed by atoms with E-state index in [1.807, 2.05) is 19.1 Å². The van der Waals surface area contributed by atoms with Gasteiger partial charge in [0, 0.05) is 29.5 Å². The SMILES string of the molecule is Cc1cc2c(NC(=O)C3=CNC(=O)C[C@H]3c3ccc(F)cc3)cccc2nn1. The molecule has 7 heteroatoms. The zero-order valence-electron chi connectivity index (χ0n) is 15.1. The minimum Gasteiger partial charge on any atom is -0.332 e. The van der Waals surface area contributed by atoms with Crippen molar-refractivity contribution in [3.63, 3.8) is 0 Å². The van der Waals surface area contributed by atoms with Crippen molar-refractivity contribution in [1.29, 1.82) is 0 Å². The van der Waals surface area contributed by atoms with Gasteiger partial charge >= 0.3 is 0 Å². The van der Waals surface area contributed by atoms with Gasteiger partial charge < -0.3 is 10.6 Å². The Morgan fingerprint density at radius 1 is 1.18 bits per heavy atom. The molecule has 0 aliphatic carbocycles. The number of fused-ring (bicyclic) bond motifs is 1. The number of benzene rings is 2. The van der Waals surface area contributed by atoms with Gasteiger partial charge in [-0.25, -0.2) is 4.39 Å². The highest BCUT2D eigenvalue weighted by Crippen LogP contribution is 2.32. The van der Waals surface area contributed by atoms with Crippen molar-refractivity contribution in [3.8, 4) is 0 Å². The van der Waals surface area contributed by atoms with Crippen LogP contribution in [0.15, 0.2) is 60.3 Å². The van der Waals surface area contributed by atoms with E-state index in [0.717, 1.165) is 11.1 Å². The fourth-order valence-electron chi connectivity index (χ4n) is 3.30. The van der Waals surface area contributed by atoms with Gasteiger partial charge in [-0.2, -0.15) is 10.2 Å². The van der Waals surface area contributed by atoms with E-state index < -0.39 is 5.92 Å². The molecule has 0 bridgehead atoms. The van der Waals surface area contributed by atoms with Crippen molar-refractivity contribution in [2.75, 3.05) is 5.32 Å². The molecule has 0 saturated carbocycles. The average Bonchev–Trinajstić information content (AvgIpc) is 2.69. The molecule has 0 fully saturated rings. The van der Waals surface area contributed by atoms with E-state index >= 15 is 0 Å². The highest BCUT2D eigenvalue weighted by molar-refractivity contribution is 6.10. The Balaban J connectivity index is 1.67. The molecule has 3 aromatic rings. The number of halogens is 1. The molecule has 0 unspecified atom stereocenters. The topological polar surface area (TPSA) is 84.0 Å². The molecule has 28 heavy (non-hydrogen) atoms. The third-order valence-corrected chi connectivity index (χ3v) is 4.69. The minimum atomic E-state index is -0.453. The zero-order chi connectivity index (χ0) is 19.7. The predicted octanol–water partition coefficient (Wildman–Crippen LogP) is 3.20. The van der Waals surface area contributed by atoms with Crippen LogP contribution >= 0.6 is 0 Å². The standard InChI is InChI=1S/C21H17FN4O2/c1-12-9-16-18(3-2-4-19(16)26-25-12)24-21(28)17-11-23-20(27)10-15(17)13-5-7-14(22)8-6-13/h2-9,11,15H,10H2,1H3,(H,23,27)(H,24,28)/t15-/m0/s1. The molecule has 0 saturated heterocycles. The number of amides is 2. The molecule has 2 amide bonds. The van der Waals surface area contributed by atoms with E-state index in [2.05, 4.69) is 20.8 Å². The third-order valence-electron chi connectivity index (χ3n) is 4.69. The Hall–Kier alpha value is -3.61. The van der Waals surface area contributed by atoms with Crippen LogP contribution in [0, 0.1) is 12.7 Å². The van der Waals surface area contributed by atoms with Crippen molar-refractivity contribution in [1.82, 2.24) is 15.5 Å². The van der Waals surface area contributed by atoms with Crippen LogP contribution < -0.4 is 10.6 Å². The van der Waals surface area contributed by atoms with Crippen LogP contribution in [0.3, 0.4) is 0 Å². The molecule has 6 nitrogen and oxygen atoms in total. The van der Waals surface area contributed by atoms with Crippen LogP contribution in [0.1, 0.15) is 23.6 Å². The Morgan fingerprint density at radius 3 is 2.75 bits per heavy atom. The van der Waals surface area contributed by atoms with Gasteiger partial charge in [0.05, 0.1) is 16.9 Å². The average molecular weight is 376 g/mol. The normalized spacial score (nSPS) is 16.4. The summed E-state index contributed by atoms with van der Waals surface area (Å²) in [5, 5.41) is 14.5. The molecule has 1 aliphatic rings. The lowest BCUT2D eigenvalue weighted by molar-refractivity contribution is -0.121. The van der Waals surface area contributed by atoms with Crippen molar-refractivity contribution < 1.29 is 14.0 Å². The van der Waals surface area contributed by atoms with Gasteiger partial charge in [0.25, 0.3) is 5.91 Å². The second-order valence-corrected chi connectivity index (χ2v) is 6.65. The molecule has 0 spiro atoms. The summed E-state index contributed by atoms with van der Waals surface area (Å²) in [5.41, 5.74) is 3.13. The second-order valence-electron chi connectivity index (χ2n) is 6.65. The molecule has 140 valence electrons. The van der Waals surface area contributed by atoms with Crippen molar-refractivity contribution in [2.24, 2.45) is 0 Å². The lowest BCUT2D eigenvalue weighted by Gasteiger charge is -2.24. The molecule has 2 aromatic carbocycles. The lowest BCUT2D eigenvalue weighted by Crippen LogP contribution is -2.32. The van der Waals surface area contributed by atoms with Crippen LogP contribution in [0.2, 0.25) is 0 Å². The third kappa shape index (κ3) is 3.46. The maximum absolute atomic E-state index is 13.3.